The first kappa shape index (κ1) is 61.1. The predicted molar refractivity (Wildman–Crippen MR) is 141 cm³/mol. The van der Waals surface area contributed by atoms with Gasteiger partial charge in [0, 0.05) is 60.6 Å². The van der Waals surface area contributed by atoms with Crippen LogP contribution in [-0.2, 0) is 0 Å². The van der Waals surface area contributed by atoms with Crippen LogP contribution in [-0.4, -0.2) is 41.5 Å². The van der Waals surface area contributed by atoms with Crippen LogP contribution >= 0.6 is 45.2 Å². The van der Waals surface area contributed by atoms with Crippen molar-refractivity contribution in [1.29, 1.82) is 0 Å². The Hall–Kier alpha value is -4.13. The van der Waals surface area contributed by atoms with Crippen LogP contribution in [0, 0.1) is 128 Å². The van der Waals surface area contributed by atoms with Crippen molar-refractivity contribution in [3.8, 4) is 0 Å². The van der Waals surface area contributed by atoms with Crippen molar-refractivity contribution in [1.82, 2.24) is 0 Å². The number of nitrogens with zero attached hydrogens (tertiary/aromatic N) is 6. The number of aromatic amines is 2. The minimum Gasteiger partial charge on any atom is -0.412 e. The zero-order chi connectivity index (χ0) is 31.7. The van der Waals surface area contributed by atoms with E-state index in [9.17, 15) is 0 Å². The molecule has 2 rings (SSSR count). The summed E-state index contributed by atoms with van der Waals surface area (Å²) in [6.45, 7) is 0. The van der Waals surface area contributed by atoms with E-state index in [1.165, 1.54) is 7.14 Å². The quantitative estimate of drug-likeness (QED) is 0.176. The third-order valence-electron chi connectivity index (χ3n) is 1.36. The molecule has 0 aliphatic carbocycles. The smallest absolute Gasteiger partial charge is 0.168 e. The molecule has 41 heavy (non-hydrogen) atoms. The van der Waals surface area contributed by atoms with Gasteiger partial charge >= 0.3 is 0 Å². The van der Waals surface area contributed by atoms with Gasteiger partial charge in [0.05, 0.1) is 30.5 Å². The third kappa shape index (κ3) is 292. The van der Waals surface area contributed by atoms with Gasteiger partial charge in [0.1, 0.15) is 0 Å². The van der Waals surface area contributed by atoms with Gasteiger partial charge in [0.25, 0.3) is 0 Å². The van der Waals surface area contributed by atoms with Crippen molar-refractivity contribution in [2.75, 3.05) is 0 Å². The number of aromatic nitrogens is 2. The minimum absolute atomic E-state index is 0. The molecule has 2 heterocycles. The van der Waals surface area contributed by atoms with Crippen molar-refractivity contribution >= 4 is 45.2 Å². The maximum atomic E-state index is 8.25. The molecule has 0 atom stereocenters. The second-order valence-corrected chi connectivity index (χ2v) is 6.27. The van der Waals surface area contributed by atoms with Gasteiger partial charge in [-0.25, -0.2) is 9.97 Å². The Labute approximate surface area is 272 Å². The van der Waals surface area contributed by atoms with E-state index < -0.39 is 30.5 Å². The topological polar surface area (TPSA) is 488 Å². The van der Waals surface area contributed by atoms with Crippen LogP contribution in [0.5, 0.6) is 0 Å². The fraction of sp³-hybridized carbons (Fsp3) is 0. The van der Waals surface area contributed by atoms with E-state index in [4.69, 9.17) is 91.9 Å². The maximum Gasteiger partial charge on any atom is 0.168 e. The van der Waals surface area contributed by atoms with Crippen LogP contribution in [0.4, 0.5) is 0 Å². The summed E-state index contributed by atoms with van der Waals surface area (Å²) in [5, 5.41) is 88.5. The molecule has 2 aromatic rings. The predicted octanol–water partition coefficient (Wildman–Crippen LogP) is -0.873. The van der Waals surface area contributed by atoms with Crippen molar-refractivity contribution in [3.63, 3.8) is 0 Å². The molecule has 6 N–H and O–H groups in total. The van der Waals surface area contributed by atoms with Gasteiger partial charge in [-0.05, 0) is 45.2 Å². The largest absolute Gasteiger partial charge is 0.412 e. The Morgan fingerprint density at radius 1 is 0.415 bits per heavy atom. The molecule has 238 valence electrons. The summed E-state index contributed by atoms with van der Waals surface area (Å²) in [6, 6.07) is 8.06. The molecule has 0 aliphatic heterocycles. The van der Waals surface area contributed by atoms with Crippen LogP contribution in [0.3, 0.4) is 0 Å². The van der Waals surface area contributed by atoms with Gasteiger partial charge in [0.2, 0.25) is 0 Å². The number of pyridine rings is 2. The second kappa shape index (κ2) is 48.9. The monoisotopic (exact) mass is 1060 g/mol. The van der Waals surface area contributed by atoms with Gasteiger partial charge in [-0.15, -0.1) is 0 Å². The number of hydrogen-bond acceptors (Lipinski definition) is 18. The first-order chi connectivity index (χ1) is 17.2. The number of hydrogen-bond donors (Lipinski definition) is 0. The molecule has 0 spiro atoms. The minimum atomic E-state index is -1.75. The molecule has 0 fully saturated rings. The molecule has 0 aromatic carbocycles. The van der Waals surface area contributed by atoms with Gasteiger partial charge in [-0.2, -0.15) is 0 Å². The zero-order valence-corrected chi connectivity index (χ0v) is 26.5. The normalized spacial score (nSPS) is 6.49. The van der Waals surface area contributed by atoms with Crippen LogP contribution in [0.2, 0.25) is 0 Å². The van der Waals surface area contributed by atoms with E-state index in [1.807, 2.05) is 49.1 Å². The maximum absolute atomic E-state index is 8.25. The molecule has 0 aliphatic rings. The van der Waals surface area contributed by atoms with Crippen LogP contribution in [0.15, 0.2) is 49.1 Å². The van der Waals surface area contributed by atoms with Gasteiger partial charge in [-0.1, -0.05) is 0 Å². The zero-order valence-electron chi connectivity index (χ0n) is 18.8. The summed E-state index contributed by atoms with van der Waals surface area (Å²) in [7, 11) is 0. The standard InChI is InChI=1S/2C5H4IN.6NO3.2H2O.Pu/c2*6-5-1-3-7-4-2-5;6*2-1(3)4;;;/h2*1-4H;;;;;;;2*1H2;/q;;6*-1;;;/p+2. The first-order valence-electron chi connectivity index (χ1n) is 7.31. The van der Waals surface area contributed by atoms with E-state index >= 15 is 0 Å². The molecule has 2 aromatic heterocycles. The number of H-pyrrole nitrogens is 2. The summed E-state index contributed by atoms with van der Waals surface area (Å²) < 4.78 is 2.52. The van der Waals surface area contributed by atoms with Crippen LogP contribution in [0.25, 0.3) is 0 Å². The third-order valence-corrected chi connectivity index (χ3v) is 2.79. The van der Waals surface area contributed by atoms with Gasteiger partial charge in [-0.3, -0.25) is 0 Å². The number of nitrogens with one attached hydrogen (secondary N) is 2. The molecule has 0 radical (unpaired) electrons. The Balaban J connectivity index is -0.0000000411. The van der Waals surface area contributed by atoms with Crippen LogP contribution in [0.1, 0.15) is 0 Å². The fourth-order valence-electron chi connectivity index (χ4n) is 0.733. The Morgan fingerprint density at radius 3 is 0.561 bits per heavy atom. The van der Waals surface area contributed by atoms with E-state index in [-0.39, 0.29) is 40.1 Å². The van der Waals surface area contributed by atoms with E-state index in [0.717, 1.165) is 0 Å². The molecule has 28 nitrogen and oxygen atoms in total. The summed E-state index contributed by atoms with van der Waals surface area (Å²) in [4.78, 5) is 55.4. The Bertz CT molecular complexity index is 750. The second-order valence-electron chi connectivity index (χ2n) is 3.78. The summed E-state index contributed by atoms with van der Waals surface area (Å²) in [5.41, 5.74) is 0. The van der Waals surface area contributed by atoms with E-state index in [0.29, 0.717) is 0 Å². The molecular weight excluding hydrogens is 1050 g/mol. The van der Waals surface area contributed by atoms with Gasteiger partial charge < -0.3 is 103 Å². The SMILES string of the molecule is Ic1cc[nH+]cc1.Ic1cc[nH+]cc1.O.O.O=[N+]([O-])[O-].O=[N+]([O-])[O-].O=[N+]([O-])[O-].O=[N+]([O-])[O-].O=[N+]([O-])[O-].O=[N+]([O-])[O-].[Pu]. The van der Waals surface area contributed by atoms with Crippen LogP contribution < -0.4 is 9.97 Å². The number of rotatable bonds is 0. The molecule has 0 bridgehead atoms. The average molecular weight is 1060 g/mol. The molecule has 0 saturated carbocycles. The van der Waals surface area contributed by atoms with Crippen molar-refractivity contribution < 1.29 is 80.6 Å². The van der Waals surface area contributed by atoms with Crippen molar-refractivity contribution in [3.05, 3.63) is 148 Å². The average Bonchev–Trinajstić information content (AvgIpc) is 2.67. The Morgan fingerprint density at radius 2 is 0.512 bits per heavy atom. The first-order valence-corrected chi connectivity index (χ1v) is 9.46. The van der Waals surface area contributed by atoms with E-state index in [1.54, 1.807) is 0 Å². The van der Waals surface area contributed by atoms with E-state index in [2.05, 4.69) is 55.1 Å². The van der Waals surface area contributed by atoms with Gasteiger partial charge in [0.15, 0.2) is 24.8 Å². The number of halogens is 2. The fourth-order valence-corrected chi connectivity index (χ4v) is 1.45. The van der Waals surface area contributed by atoms with Crippen molar-refractivity contribution in [2.45, 2.75) is 0 Å². The Kier molecular flexibility index (Phi) is 72.8. The van der Waals surface area contributed by atoms with Crippen molar-refractivity contribution in [2.24, 2.45) is 0 Å². The molecule has 0 amide bonds. The molecule has 31 heteroatoms. The summed E-state index contributed by atoms with van der Waals surface area (Å²) >= 11 is 4.52. The summed E-state index contributed by atoms with van der Waals surface area (Å²) in [6.07, 6.45) is 7.62. The summed E-state index contributed by atoms with van der Waals surface area (Å²) in [5.74, 6) is 0. The molecule has 0 unspecified atom stereocenters. The molecular formula is C10H14I2N8O20Pu-4. The molecule has 0 saturated heterocycles.